The number of carbonyl (C=O) groups excluding carboxylic acids is 1. The lowest BCUT2D eigenvalue weighted by molar-refractivity contribution is 0.1000. The third kappa shape index (κ3) is 3.60. The summed E-state index contributed by atoms with van der Waals surface area (Å²) in [6.45, 7) is 3.89. The normalized spacial score (nSPS) is 11.1. The molecular weight excluding hydrogens is 402 g/mol. The van der Waals surface area contributed by atoms with Gasteiger partial charge in [-0.25, -0.2) is 9.67 Å². The molecule has 0 atom stereocenters. The summed E-state index contributed by atoms with van der Waals surface area (Å²) in [6.07, 6.45) is 3.44. The van der Waals surface area contributed by atoms with Crippen LogP contribution in [0.1, 0.15) is 21.6 Å². The molecule has 0 spiro atoms. The summed E-state index contributed by atoms with van der Waals surface area (Å²) >= 11 is 0. The van der Waals surface area contributed by atoms with Crippen molar-refractivity contribution in [2.24, 2.45) is 5.73 Å². The van der Waals surface area contributed by atoms with Gasteiger partial charge in [-0.15, -0.1) is 0 Å². The fourth-order valence-corrected chi connectivity index (χ4v) is 3.74. The molecule has 7 heteroatoms. The number of pyridine rings is 1. The number of fused-ring (bicyclic) bond motifs is 1. The largest absolute Gasteiger partial charge is 0.464 e. The van der Waals surface area contributed by atoms with Crippen LogP contribution in [-0.4, -0.2) is 20.7 Å². The van der Waals surface area contributed by atoms with E-state index in [1.165, 1.54) is 0 Å². The lowest BCUT2D eigenvalue weighted by Gasteiger charge is -2.12. The Bertz CT molecular complexity index is 1460. The number of carbonyl (C=O) groups is 1. The van der Waals surface area contributed by atoms with Crippen LogP contribution in [0.15, 0.2) is 77.5 Å². The first-order valence-electron chi connectivity index (χ1n) is 10.2. The molecule has 3 aromatic heterocycles. The molecule has 5 rings (SSSR count). The van der Waals surface area contributed by atoms with Crippen molar-refractivity contribution >= 4 is 28.4 Å². The quantitative estimate of drug-likeness (QED) is 0.408. The maximum absolute atomic E-state index is 11.4. The number of amides is 1. The van der Waals surface area contributed by atoms with Crippen molar-refractivity contribution in [3.63, 3.8) is 0 Å². The monoisotopic (exact) mass is 423 g/mol. The van der Waals surface area contributed by atoms with E-state index in [1.54, 1.807) is 24.6 Å². The van der Waals surface area contributed by atoms with Gasteiger partial charge in [0, 0.05) is 28.4 Å². The van der Waals surface area contributed by atoms with E-state index in [0.717, 1.165) is 44.9 Å². The molecule has 32 heavy (non-hydrogen) atoms. The minimum Gasteiger partial charge on any atom is -0.464 e. The molecule has 0 fully saturated rings. The van der Waals surface area contributed by atoms with Gasteiger partial charge < -0.3 is 15.5 Å². The number of furan rings is 1. The lowest BCUT2D eigenvalue weighted by atomic mass is 10.1. The predicted molar refractivity (Wildman–Crippen MR) is 124 cm³/mol. The van der Waals surface area contributed by atoms with Crippen LogP contribution in [0.3, 0.4) is 0 Å². The van der Waals surface area contributed by atoms with Crippen molar-refractivity contribution in [2.75, 3.05) is 5.32 Å². The number of anilines is 2. The van der Waals surface area contributed by atoms with E-state index in [0.29, 0.717) is 11.4 Å². The highest BCUT2D eigenvalue weighted by Crippen LogP contribution is 2.29. The van der Waals surface area contributed by atoms with Gasteiger partial charge in [-0.05, 0) is 80.1 Å². The number of hydrogen-bond acceptors (Lipinski definition) is 5. The van der Waals surface area contributed by atoms with Crippen molar-refractivity contribution < 1.29 is 9.21 Å². The molecular formula is C25H21N5O2. The molecule has 0 aliphatic carbocycles. The van der Waals surface area contributed by atoms with Gasteiger partial charge in [-0.1, -0.05) is 0 Å². The second-order valence-corrected chi connectivity index (χ2v) is 7.67. The average molecular weight is 423 g/mol. The van der Waals surface area contributed by atoms with Gasteiger partial charge in [0.2, 0.25) is 5.91 Å². The number of nitrogens with zero attached hydrogens (tertiary/aromatic N) is 3. The molecule has 0 unspecified atom stereocenters. The van der Waals surface area contributed by atoms with Gasteiger partial charge in [-0.2, -0.15) is 5.10 Å². The van der Waals surface area contributed by atoms with Crippen molar-refractivity contribution in [3.05, 3.63) is 89.9 Å². The summed E-state index contributed by atoms with van der Waals surface area (Å²) < 4.78 is 7.38. The molecule has 0 saturated heterocycles. The summed E-state index contributed by atoms with van der Waals surface area (Å²) in [5.74, 6) is 0.241. The first-order chi connectivity index (χ1) is 15.5. The summed E-state index contributed by atoms with van der Waals surface area (Å²) in [7, 11) is 0. The zero-order valence-corrected chi connectivity index (χ0v) is 17.7. The maximum Gasteiger partial charge on any atom is 0.248 e. The Hall–Kier alpha value is -4.39. The van der Waals surface area contributed by atoms with Crippen LogP contribution in [0.5, 0.6) is 0 Å². The summed E-state index contributed by atoms with van der Waals surface area (Å²) in [5, 5.41) is 9.06. The topological polar surface area (TPSA) is 99.0 Å². The van der Waals surface area contributed by atoms with Gasteiger partial charge in [0.05, 0.1) is 23.3 Å². The SMILES string of the molecule is Cc1cc(-c2ccnc(Nc3ccc(C(N)=O)cc3C)c2)n(-c2ccc3occc3c2)n1. The van der Waals surface area contributed by atoms with E-state index >= 15 is 0 Å². The van der Waals surface area contributed by atoms with Gasteiger partial charge in [0.25, 0.3) is 0 Å². The molecule has 0 aliphatic heterocycles. The van der Waals surface area contributed by atoms with Crippen LogP contribution in [0.2, 0.25) is 0 Å². The minimum absolute atomic E-state index is 0.447. The van der Waals surface area contributed by atoms with Gasteiger partial charge in [0.1, 0.15) is 11.4 Å². The molecule has 0 bridgehead atoms. The number of benzene rings is 2. The van der Waals surface area contributed by atoms with E-state index in [4.69, 9.17) is 15.2 Å². The van der Waals surface area contributed by atoms with Gasteiger partial charge in [0.15, 0.2) is 0 Å². The number of rotatable bonds is 5. The number of aryl methyl sites for hydroxylation is 2. The molecule has 1 amide bonds. The number of aromatic nitrogens is 3. The van der Waals surface area contributed by atoms with Gasteiger partial charge >= 0.3 is 0 Å². The van der Waals surface area contributed by atoms with Crippen molar-refractivity contribution in [2.45, 2.75) is 13.8 Å². The standard InChI is InChI=1S/C25H21N5O2/c1-15-11-19(25(26)31)3-5-21(15)28-24-14-17(7-9-27-24)22-12-16(2)29-30(22)20-4-6-23-18(13-20)8-10-32-23/h3-14H,1-2H3,(H2,26,31)(H,27,28). The van der Waals surface area contributed by atoms with Crippen LogP contribution in [0.25, 0.3) is 27.9 Å². The Morgan fingerprint density at radius 2 is 1.91 bits per heavy atom. The smallest absolute Gasteiger partial charge is 0.248 e. The Kier molecular flexibility index (Phi) is 4.71. The van der Waals surface area contributed by atoms with Crippen LogP contribution >= 0.6 is 0 Å². The molecule has 0 saturated carbocycles. The van der Waals surface area contributed by atoms with Gasteiger partial charge in [-0.3, -0.25) is 4.79 Å². The third-order valence-electron chi connectivity index (χ3n) is 5.34. The van der Waals surface area contributed by atoms with Crippen molar-refractivity contribution in [1.82, 2.24) is 14.8 Å². The Morgan fingerprint density at radius 3 is 2.72 bits per heavy atom. The zero-order chi connectivity index (χ0) is 22.2. The van der Waals surface area contributed by atoms with E-state index < -0.39 is 5.91 Å². The molecule has 3 heterocycles. The van der Waals surface area contributed by atoms with E-state index in [-0.39, 0.29) is 0 Å². The van der Waals surface area contributed by atoms with E-state index in [1.807, 2.05) is 61.0 Å². The maximum atomic E-state index is 11.4. The third-order valence-corrected chi connectivity index (χ3v) is 5.34. The van der Waals surface area contributed by atoms with Crippen LogP contribution in [-0.2, 0) is 0 Å². The lowest BCUT2D eigenvalue weighted by Crippen LogP contribution is -2.11. The molecule has 3 N–H and O–H groups in total. The zero-order valence-electron chi connectivity index (χ0n) is 17.7. The molecule has 2 aromatic carbocycles. The fourth-order valence-electron chi connectivity index (χ4n) is 3.74. The van der Waals surface area contributed by atoms with E-state index in [2.05, 4.69) is 16.4 Å². The highest BCUT2D eigenvalue weighted by molar-refractivity contribution is 5.93. The summed E-state index contributed by atoms with van der Waals surface area (Å²) in [4.78, 5) is 15.9. The second kappa shape index (κ2) is 7.70. The summed E-state index contributed by atoms with van der Waals surface area (Å²) in [5.41, 5.74) is 12.2. The average Bonchev–Trinajstić information content (AvgIpc) is 3.41. The second-order valence-electron chi connectivity index (χ2n) is 7.67. The number of hydrogen-bond donors (Lipinski definition) is 2. The molecule has 5 aromatic rings. The Morgan fingerprint density at radius 1 is 1.03 bits per heavy atom. The van der Waals surface area contributed by atoms with Crippen molar-refractivity contribution in [3.8, 4) is 16.9 Å². The Balaban J connectivity index is 1.51. The van der Waals surface area contributed by atoms with E-state index in [9.17, 15) is 4.79 Å². The van der Waals surface area contributed by atoms with Crippen LogP contribution in [0.4, 0.5) is 11.5 Å². The number of primary amides is 1. The first kappa shape index (κ1) is 19.6. The first-order valence-corrected chi connectivity index (χ1v) is 10.2. The molecule has 158 valence electrons. The highest BCUT2D eigenvalue weighted by atomic mass is 16.3. The highest BCUT2D eigenvalue weighted by Gasteiger charge is 2.13. The predicted octanol–water partition coefficient (Wildman–Crippen LogP) is 5.14. The number of nitrogens with two attached hydrogens (primary N) is 1. The van der Waals surface area contributed by atoms with Crippen LogP contribution < -0.4 is 11.1 Å². The minimum atomic E-state index is -0.447. The molecule has 0 aliphatic rings. The summed E-state index contributed by atoms with van der Waals surface area (Å²) in [6, 6.07) is 19.2. The van der Waals surface area contributed by atoms with Crippen molar-refractivity contribution in [1.29, 1.82) is 0 Å². The fraction of sp³-hybridized carbons (Fsp3) is 0.0800. The molecule has 7 nitrogen and oxygen atoms in total. The van der Waals surface area contributed by atoms with Crippen LogP contribution in [0, 0.1) is 13.8 Å². The number of nitrogens with one attached hydrogen (secondary N) is 1. The molecule has 0 radical (unpaired) electrons. The Labute approximate surface area is 184 Å².